The van der Waals surface area contributed by atoms with E-state index in [1.165, 1.54) is 21.4 Å². The first-order valence-electron chi connectivity index (χ1n) is 7.18. The van der Waals surface area contributed by atoms with Crippen molar-refractivity contribution in [2.24, 2.45) is 5.92 Å². The van der Waals surface area contributed by atoms with Gasteiger partial charge in [0.1, 0.15) is 0 Å². The molecule has 0 radical (unpaired) electrons. The van der Waals surface area contributed by atoms with E-state index in [-0.39, 0.29) is 0 Å². The van der Waals surface area contributed by atoms with Crippen LogP contribution in [0.4, 0.5) is 0 Å². The van der Waals surface area contributed by atoms with Crippen molar-refractivity contribution >= 4 is 27.7 Å². The Bertz CT molecular complexity index is 396. The van der Waals surface area contributed by atoms with Gasteiger partial charge in [-0.1, -0.05) is 41.9 Å². The summed E-state index contributed by atoms with van der Waals surface area (Å²) in [5.41, 5.74) is 2.70. The maximum absolute atomic E-state index is 3.71. The number of hydrogen-bond acceptors (Lipinski definition) is 3. The number of nitrogens with one attached hydrogen (secondary N) is 1. The smallest absolute Gasteiger partial charge is 0.0242 e. The van der Waals surface area contributed by atoms with Gasteiger partial charge >= 0.3 is 0 Å². The van der Waals surface area contributed by atoms with E-state index < -0.39 is 0 Å². The molecule has 4 heteroatoms. The van der Waals surface area contributed by atoms with Crippen molar-refractivity contribution in [3.63, 3.8) is 0 Å². The van der Waals surface area contributed by atoms with Crippen LogP contribution in [0.3, 0.4) is 0 Å². The largest absolute Gasteiger partial charge is 0.312 e. The second kappa shape index (κ2) is 9.82. The van der Waals surface area contributed by atoms with E-state index >= 15 is 0 Å². The van der Waals surface area contributed by atoms with Crippen LogP contribution in [0.2, 0.25) is 0 Å². The summed E-state index contributed by atoms with van der Waals surface area (Å²) in [5.74, 6) is 1.88. The number of halogens is 1. The number of benzene rings is 1. The molecule has 0 aromatic heterocycles. The Morgan fingerprint density at radius 2 is 2.10 bits per heavy atom. The van der Waals surface area contributed by atoms with E-state index in [4.69, 9.17) is 0 Å². The summed E-state index contributed by atoms with van der Waals surface area (Å²) >= 11 is 5.60. The van der Waals surface area contributed by atoms with Gasteiger partial charge in [-0.3, -0.25) is 0 Å². The molecule has 0 unspecified atom stereocenters. The van der Waals surface area contributed by atoms with Gasteiger partial charge in [0.15, 0.2) is 0 Å². The van der Waals surface area contributed by atoms with E-state index in [0.717, 1.165) is 26.2 Å². The number of rotatable bonds is 9. The van der Waals surface area contributed by atoms with Gasteiger partial charge in [0.2, 0.25) is 0 Å². The molecule has 0 aliphatic rings. The molecular weight excluding hydrogens is 332 g/mol. The summed E-state index contributed by atoms with van der Waals surface area (Å²) in [6, 6.07) is 6.72. The summed E-state index contributed by atoms with van der Waals surface area (Å²) in [6.45, 7) is 8.61. The Morgan fingerprint density at radius 1 is 1.35 bits per heavy atom. The lowest BCUT2D eigenvalue weighted by atomic mass is 10.1. The van der Waals surface area contributed by atoms with E-state index in [1.54, 1.807) is 0 Å². The van der Waals surface area contributed by atoms with Crippen LogP contribution in [0.5, 0.6) is 0 Å². The van der Waals surface area contributed by atoms with Crippen LogP contribution in [0.1, 0.15) is 25.0 Å². The number of hydrogen-bond donors (Lipinski definition) is 1. The maximum Gasteiger partial charge on any atom is 0.0242 e. The lowest BCUT2D eigenvalue weighted by Gasteiger charge is -2.17. The summed E-state index contributed by atoms with van der Waals surface area (Å²) in [7, 11) is 2.18. The van der Waals surface area contributed by atoms with Crippen molar-refractivity contribution in [3.05, 3.63) is 33.8 Å². The first-order valence-corrected chi connectivity index (χ1v) is 9.37. The highest BCUT2D eigenvalue weighted by Crippen LogP contribution is 2.20. The quantitative estimate of drug-likeness (QED) is 0.718. The van der Waals surface area contributed by atoms with Gasteiger partial charge in [-0.2, -0.15) is 11.8 Å². The molecule has 0 heterocycles. The fourth-order valence-electron chi connectivity index (χ4n) is 1.95. The average molecular weight is 359 g/mol. The molecule has 0 amide bonds. The zero-order valence-corrected chi connectivity index (χ0v) is 15.5. The topological polar surface area (TPSA) is 15.3 Å². The molecule has 1 aromatic carbocycles. The molecule has 0 aliphatic carbocycles. The molecule has 0 saturated carbocycles. The molecule has 0 saturated heterocycles. The van der Waals surface area contributed by atoms with Gasteiger partial charge in [-0.15, -0.1) is 0 Å². The Morgan fingerprint density at radius 3 is 2.70 bits per heavy atom. The Balaban J connectivity index is 2.50. The maximum atomic E-state index is 3.71. The first kappa shape index (κ1) is 18.0. The van der Waals surface area contributed by atoms with E-state index in [2.05, 4.69) is 71.5 Å². The minimum absolute atomic E-state index is 0.697. The third-order valence-corrected chi connectivity index (χ3v) is 4.45. The van der Waals surface area contributed by atoms with Crippen LogP contribution in [-0.4, -0.2) is 37.0 Å². The Hall–Kier alpha value is -0.0300. The van der Waals surface area contributed by atoms with Crippen LogP contribution >= 0.6 is 27.7 Å². The molecule has 0 spiro atoms. The highest BCUT2D eigenvalue weighted by molar-refractivity contribution is 9.10. The third kappa shape index (κ3) is 7.11. The standard InChI is InChI=1S/C16H27BrN2S/c1-13(2)10-18-11-14-5-6-15(16(17)9-14)12-19(3)7-8-20-4/h5-6,9,13,18H,7-8,10-12H2,1-4H3. The normalized spacial score (nSPS) is 11.6. The van der Waals surface area contributed by atoms with E-state index in [1.807, 2.05) is 11.8 Å². The predicted octanol–water partition coefficient (Wildman–Crippen LogP) is 3.99. The SMILES string of the molecule is CSCCN(C)Cc1ccc(CNCC(C)C)cc1Br. The van der Waals surface area contributed by atoms with Gasteiger partial charge < -0.3 is 10.2 Å². The van der Waals surface area contributed by atoms with Crippen LogP contribution in [0.15, 0.2) is 22.7 Å². The monoisotopic (exact) mass is 358 g/mol. The Labute approximate surface area is 136 Å². The van der Waals surface area contributed by atoms with Gasteiger partial charge in [0, 0.05) is 29.9 Å². The van der Waals surface area contributed by atoms with Gasteiger partial charge in [-0.05, 0) is 43.0 Å². The lowest BCUT2D eigenvalue weighted by Crippen LogP contribution is -2.21. The molecule has 1 N–H and O–H groups in total. The average Bonchev–Trinajstić information content (AvgIpc) is 2.39. The molecule has 0 fully saturated rings. The fraction of sp³-hybridized carbons (Fsp3) is 0.625. The van der Waals surface area contributed by atoms with Crippen LogP contribution < -0.4 is 5.32 Å². The zero-order chi connectivity index (χ0) is 15.0. The van der Waals surface area contributed by atoms with E-state index in [0.29, 0.717) is 5.92 Å². The fourth-order valence-corrected chi connectivity index (χ4v) is 3.00. The number of nitrogens with zero attached hydrogens (tertiary/aromatic N) is 1. The summed E-state index contributed by atoms with van der Waals surface area (Å²) in [6.07, 6.45) is 2.16. The van der Waals surface area contributed by atoms with Crippen LogP contribution in [0, 0.1) is 5.92 Å². The lowest BCUT2D eigenvalue weighted by molar-refractivity contribution is 0.348. The molecule has 1 aromatic rings. The predicted molar refractivity (Wildman–Crippen MR) is 95.4 cm³/mol. The molecular formula is C16H27BrN2S. The van der Waals surface area contributed by atoms with E-state index in [9.17, 15) is 0 Å². The molecule has 0 atom stereocenters. The third-order valence-electron chi connectivity index (χ3n) is 3.12. The highest BCUT2D eigenvalue weighted by Gasteiger charge is 2.05. The minimum atomic E-state index is 0.697. The second-order valence-corrected chi connectivity index (χ2v) is 7.52. The second-order valence-electron chi connectivity index (χ2n) is 5.68. The van der Waals surface area contributed by atoms with Crippen molar-refractivity contribution in [2.75, 3.05) is 32.1 Å². The van der Waals surface area contributed by atoms with Gasteiger partial charge in [-0.25, -0.2) is 0 Å². The molecule has 1 rings (SSSR count). The zero-order valence-electron chi connectivity index (χ0n) is 13.1. The molecule has 20 heavy (non-hydrogen) atoms. The summed E-state index contributed by atoms with van der Waals surface area (Å²) in [4.78, 5) is 2.37. The summed E-state index contributed by atoms with van der Waals surface area (Å²) in [5, 5.41) is 3.48. The summed E-state index contributed by atoms with van der Waals surface area (Å²) < 4.78 is 1.22. The molecule has 0 aliphatic heterocycles. The van der Waals surface area contributed by atoms with Gasteiger partial charge in [0.05, 0.1) is 0 Å². The van der Waals surface area contributed by atoms with Crippen molar-refractivity contribution in [1.29, 1.82) is 0 Å². The van der Waals surface area contributed by atoms with Crippen molar-refractivity contribution < 1.29 is 0 Å². The van der Waals surface area contributed by atoms with Crippen molar-refractivity contribution in [1.82, 2.24) is 10.2 Å². The highest BCUT2D eigenvalue weighted by atomic mass is 79.9. The minimum Gasteiger partial charge on any atom is -0.312 e. The van der Waals surface area contributed by atoms with Crippen molar-refractivity contribution in [2.45, 2.75) is 26.9 Å². The van der Waals surface area contributed by atoms with Crippen LogP contribution in [0.25, 0.3) is 0 Å². The number of thioether (sulfide) groups is 1. The molecule has 114 valence electrons. The first-order chi connectivity index (χ1) is 9.52. The Kier molecular flexibility index (Phi) is 8.85. The van der Waals surface area contributed by atoms with Gasteiger partial charge in [0.25, 0.3) is 0 Å². The molecule has 0 bridgehead atoms. The van der Waals surface area contributed by atoms with Crippen molar-refractivity contribution in [3.8, 4) is 0 Å². The van der Waals surface area contributed by atoms with Crippen LogP contribution in [-0.2, 0) is 13.1 Å². The molecule has 2 nitrogen and oxygen atoms in total.